The highest BCUT2D eigenvalue weighted by Crippen LogP contribution is 2.41. The fraction of sp³-hybridized carbons (Fsp3) is 0.316. The maximum atomic E-state index is 7.59. The van der Waals surface area contributed by atoms with E-state index in [0.29, 0.717) is 13.0 Å². The van der Waals surface area contributed by atoms with Crippen LogP contribution in [0.15, 0.2) is 122 Å². The minimum atomic E-state index is -2.75. The molecule has 0 bridgehead atoms. The van der Waals surface area contributed by atoms with E-state index in [2.05, 4.69) is 112 Å². The van der Waals surface area contributed by atoms with E-state index in [1.165, 1.54) is 10.4 Å². The lowest BCUT2D eigenvalue weighted by molar-refractivity contribution is 0.0163. The average Bonchev–Trinajstić information content (AvgIpc) is 3.40. The van der Waals surface area contributed by atoms with Crippen molar-refractivity contribution in [3.8, 4) is 11.5 Å². The first-order chi connectivity index (χ1) is 20.8. The molecule has 1 saturated heterocycles. The van der Waals surface area contributed by atoms with Crippen molar-refractivity contribution in [2.75, 3.05) is 7.11 Å². The molecule has 1 aliphatic heterocycles. The summed E-state index contributed by atoms with van der Waals surface area (Å²) in [6.45, 7) is 11.5. The summed E-state index contributed by atoms with van der Waals surface area (Å²) < 4.78 is 26.2. The molecule has 4 nitrogen and oxygen atoms in total. The molecule has 43 heavy (non-hydrogen) atoms. The summed E-state index contributed by atoms with van der Waals surface area (Å²) in [4.78, 5) is 0. The smallest absolute Gasteiger partial charge is 0.261 e. The van der Waals surface area contributed by atoms with Crippen LogP contribution in [0.3, 0.4) is 0 Å². The van der Waals surface area contributed by atoms with Crippen LogP contribution >= 0.6 is 0 Å². The van der Waals surface area contributed by atoms with E-state index in [9.17, 15) is 0 Å². The second kappa shape index (κ2) is 13.8. The van der Waals surface area contributed by atoms with E-state index in [0.717, 1.165) is 35.5 Å². The summed E-state index contributed by atoms with van der Waals surface area (Å²) in [6, 6.07) is 38.0. The zero-order valence-corrected chi connectivity index (χ0v) is 26.9. The van der Waals surface area contributed by atoms with Gasteiger partial charge in [0.25, 0.3) is 8.32 Å². The van der Waals surface area contributed by atoms with E-state index in [4.69, 9.17) is 18.6 Å². The van der Waals surface area contributed by atoms with E-state index in [1.54, 1.807) is 7.11 Å². The lowest BCUT2D eigenvalue weighted by atomic mass is 10.0. The Balaban J connectivity index is 1.45. The van der Waals surface area contributed by atoms with Gasteiger partial charge in [0.15, 0.2) is 11.5 Å². The molecule has 0 N–H and O–H groups in total. The highest BCUT2D eigenvalue weighted by molar-refractivity contribution is 6.99. The molecule has 4 aromatic carbocycles. The third kappa shape index (κ3) is 6.96. The van der Waals surface area contributed by atoms with Gasteiger partial charge >= 0.3 is 0 Å². The van der Waals surface area contributed by atoms with Crippen molar-refractivity contribution in [2.45, 2.75) is 70.0 Å². The second-order valence-electron chi connectivity index (χ2n) is 12.3. The lowest BCUT2D eigenvalue weighted by Crippen LogP contribution is -2.68. The maximum Gasteiger partial charge on any atom is 0.261 e. The summed E-state index contributed by atoms with van der Waals surface area (Å²) in [5.74, 6) is 1.45. The Bertz CT molecular complexity index is 1410. The van der Waals surface area contributed by atoms with Crippen molar-refractivity contribution in [1.29, 1.82) is 0 Å². The number of hydrogen-bond donors (Lipinski definition) is 0. The van der Waals surface area contributed by atoms with Crippen LogP contribution in [0.2, 0.25) is 5.04 Å². The quantitative estimate of drug-likeness (QED) is 0.126. The molecule has 3 atom stereocenters. The van der Waals surface area contributed by atoms with E-state index >= 15 is 0 Å². The maximum absolute atomic E-state index is 7.59. The first kappa shape index (κ1) is 30.8. The van der Waals surface area contributed by atoms with Crippen LogP contribution in [-0.2, 0) is 22.2 Å². The van der Waals surface area contributed by atoms with E-state index in [1.807, 2.05) is 30.3 Å². The normalized spacial score (nSPS) is 18.7. The Morgan fingerprint density at radius 2 is 1.42 bits per heavy atom. The molecule has 0 spiro atoms. The van der Waals surface area contributed by atoms with Gasteiger partial charge in [0.1, 0.15) is 6.61 Å². The van der Waals surface area contributed by atoms with Gasteiger partial charge in [-0.15, -0.1) is 6.58 Å². The van der Waals surface area contributed by atoms with Crippen LogP contribution in [0.25, 0.3) is 0 Å². The molecule has 0 radical (unpaired) electrons. The van der Waals surface area contributed by atoms with Crippen molar-refractivity contribution in [1.82, 2.24) is 0 Å². The number of methoxy groups -OCH3 is 1. The van der Waals surface area contributed by atoms with Crippen LogP contribution < -0.4 is 19.8 Å². The molecule has 224 valence electrons. The molecule has 1 aliphatic rings. The monoisotopic (exact) mass is 592 g/mol. The largest absolute Gasteiger partial charge is 0.493 e. The van der Waals surface area contributed by atoms with Crippen LogP contribution in [0.1, 0.15) is 44.7 Å². The third-order valence-electron chi connectivity index (χ3n) is 8.35. The van der Waals surface area contributed by atoms with Crippen LogP contribution in [0.5, 0.6) is 11.5 Å². The van der Waals surface area contributed by atoms with Crippen molar-refractivity contribution in [3.63, 3.8) is 0 Å². The van der Waals surface area contributed by atoms with Gasteiger partial charge in [-0.25, -0.2) is 0 Å². The fourth-order valence-corrected chi connectivity index (χ4v) is 11.0. The molecule has 4 aromatic rings. The topological polar surface area (TPSA) is 36.9 Å². The summed E-state index contributed by atoms with van der Waals surface area (Å²) in [6.07, 6.45) is 4.19. The minimum absolute atomic E-state index is 0.0705. The van der Waals surface area contributed by atoms with Gasteiger partial charge < -0.3 is 18.6 Å². The summed E-state index contributed by atoms with van der Waals surface area (Å²) in [5.41, 5.74) is 2.24. The van der Waals surface area contributed by atoms with Gasteiger partial charge in [0, 0.05) is 12.8 Å². The molecule has 5 heteroatoms. The third-order valence-corrected chi connectivity index (χ3v) is 13.4. The molecule has 0 amide bonds. The van der Waals surface area contributed by atoms with Gasteiger partial charge in [-0.05, 0) is 45.1 Å². The van der Waals surface area contributed by atoms with E-state index in [-0.39, 0.29) is 23.4 Å². The Labute approximate surface area is 258 Å². The van der Waals surface area contributed by atoms with Gasteiger partial charge in [0.2, 0.25) is 0 Å². The fourth-order valence-electron chi connectivity index (χ4n) is 6.29. The van der Waals surface area contributed by atoms with Gasteiger partial charge in [-0.1, -0.05) is 124 Å². The Kier molecular flexibility index (Phi) is 9.86. The predicted octanol–water partition coefficient (Wildman–Crippen LogP) is 7.50. The first-order valence-electron chi connectivity index (χ1n) is 15.2. The predicted molar refractivity (Wildman–Crippen MR) is 178 cm³/mol. The standard InChI is InChI=1S/C38H44O4Si/c1-6-16-31-27-37(42-43(38(2,3)4,32-19-12-8-13-20-32)33-21-14-9-15-22-33)36(41-31)26-30-23-24-34(35(25-30)39-5)40-28-29-17-10-7-11-18-29/h6-15,17-25,31,36-37H,1,16,26-28H2,2-5H3/t31-,36+,37+/m0/s1. The highest BCUT2D eigenvalue weighted by Gasteiger charge is 2.53. The van der Waals surface area contributed by atoms with Crippen molar-refractivity contribution >= 4 is 18.7 Å². The molecule has 5 rings (SSSR count). The molecule has 0 unspecified atom stereocenters. The summed E-state index contributed by atoms with van der Waals surface area (Å²) in [7, 11) is -1.06. The molecule has 0 aromatic heterocycles. The van der Waals surface area contributed by atoms with Crippen molar-refractivity contribution < 1.29 is 18.6 Å². The summed E-state index contributed by atoms with van der Waals surface area (Å²) in [5, 5.41) is 2.44. The zero-order valence-electron chi connectivity index (χ0n) is 25.9. The molecular formula is C38H44O4Si. The summed E-state index contributed by atoms with van der Waals surface area (Å²) >= 11 is 0. The Hall–Kier alpha value is -3.64. The molecule has 1 heterocycles. The van der Waals surface area contributed by atoms with Gasteiger partial charge in [-0.3, -0.25) is 0 Å². The average molecular weight is 593 g/mol. The SMILES string of the molecule is C=CC[C@H]1C[C@@H](O[Si](c2ccccc2)(c2ccccc2)C(C)(C)C)[C@@H](Cc2ccc(OCc3ccccc3)c(OC)c2)O1. The molecule has 1 fully saturated rings. The Morgan fingerprint density at radius 3 is 1.98 bits per heavy atom. The van der Waals surface area contributed by atoms with Crippen molar-refractivity contribution in [2.24, 2.45) is 0 Å². The zero-order chi connectivity index (χ0) is 30.3. The van der Waals surface area contributed by atoms with Gasteiger partial charge in [0.05, 0.1) is 25.4 Å². The number of rotatable bonds is 12. The number of benzene rings is 4. The lowest BCUT2D eigenvalue weighted by Gasteiger charge is -2.45. The molecule has 0 saturated carbocycles. The highest BCUT2D eigenvalue weighted by atomic mass is 28.4. The van der Waals surface area contributed by atoms with Gasteiger partial charge in [-0.2, -0.15) is 0 Å². The van der Waals surface area contributed by atoms with Crippen LogP contribution in [0, 0.1) is 0 Å². The van der Waals surface area contributed by atoms with Crippen molar-refractivity contribution in [3.05, 3.63) is 133 Å². The van der Waals surface area contributed by atoms with E-state index < -0.39 is 8.32 Å². The first-order valence-corrected chi connectivity index (χ1v) is 17.1. The second-order valence-corrected chi connectivity index (χ2v) is 16.6. The number of ether oxygens (including phenoxy) is 3. The van der Waals surface area contributed by atoms with Crippen LogP contribution in [0.4, 0.5) is 0 Å². The molecular weight excluding hydrogens is 549 g/mol. The molecule has 0 aliphatic carbocycles. The van der Waals surface area contributed by atoms with Crippen LogP contribution in [-0.4, -0.2) is 33.7 Å². The Morgan fingerprint density at radius 1 is 0.814 bits per heavy atom. The number of hydrogen-bond acceptors (Lipinski definition) is 4. The minimum Gasteiger partial charge on any atom is -0.493 e.